The van der Waals surface area contributed by atoms with E-state index in [0.29, 0.717) is 13.2 Å². The standard InChI is InChI=1S/C6H13NO2/c1-6(7-2)5-8-3-4-9-6/h7H,3-5H2,1-2H3/t6-/m1/s1. The predicted molar refractivity (Wildman–Crippen MR) is 34.2 cm³/mol. The average molecular weight is 131 g/mol. The zero-order chi connectivity index (χ0) is 6.74. The van der Waals surface area contributed by atoms with Crippen LogP contribution in [0.2, 0.25) is 0 Å². The van der Waals surface area contributed by atoms with Gasteiger partial charge < -0.3 is 9.47 Å². The van der Waals surface area contributed by atoms with Crippen molar-refractivity contribution in [3.8, 4) is 0 Å². The molecule has 0 aromatic rings. The molecule has 0 aromatic carbocycles. The largest absolute Gasteiger partial charge is 0.375 e. The van der Waals surface area contributed by atoms with Crippen LogP contribution in [0.1, 0.15) is 6.92 Å². The normalized spacial score (nSPS) is 36.7. The molecule has 0 amide bonds. The van der Waals surface area contributed by atoms with Crippen LogP contribution in [-0.2, 0) is 9.47 Å². The lowest BCUT2D eigenvalue weighted by atomic mass is 10.3. The molecule has 0 radical (unpaired) electrons. The van der Waals surface area contributed by atoms with E-state index >= 15 is 0 Å². The van der Waals surface area contributed by atoms with E-state index in [2.05, 4.69) is 5.32 Å². The highest BCUT2D eigenvalue weighted by atomic mass is 16.6. The third-order valence-electron chi connectivity index (χ3n) is 1.55. The summed E-state index contributed by atoms with van der Waals surface area (Å²) in [6.07, 6.45) is 0. The third kappa shape index (κ3) is 1.64. The Morgan fingerprint density at radius 2 is 2.22 bits per heavy atom. The van der Waals surface area contributed by atoms with Gasteiger partial charge in [-0.25, -0.2) is 0 Å². The lowest BCUT2D eigenvalue weighted by molar-refractivity contribution is -0.160. The van der Waals surface area contributed by atoms with Crippen molar-refractivity contribution in [3.05, 3.63) is 0 Å². The average Bonchev–Trinajstić information content (AvgIpc) is 1.90. The van der Waals surface area contributed by atoms with Crippen molar-refractivity contribution in [3.63, 3.8) is 0 Å². The molecule has 1 aliphatic heterocycles. The number of nitrogens with one attached hydrogen (secondary N) is 1. The van der Waals surface area contributed by atoms with Crippen molar-refractivity contribution in [2.45, 2.75) is 12.6 Å². The molecule has 54 valence electrons. The number of ether oxygens (including phenoxy) is 2. The fourth-order valence-electron chi connectivity index (χ4n) is 0.779. The number of hydrogen-bond acceptors (Lipinski definition) is 3. The van der Waals surface area contributed by atoms with Crippen LogP contribution >= 0.6 is 0 Å². The van der Waals surface area contributed by atoms with Crippen LogP contribution in [0.5, 0.6) is 0 Å². The third-order valence-corrected chi connectivity index (χ3v) is 1.55. The van der Waals surface area contributed by atoms with Crippen molar-refractivity contribution in [1.29, 1.82) is 0 Å². The van der Waals surface area contributed by atoms with Crippen molar-refractivity contribution in [2.24, 2.45) is 0 Å². The highest BCUT2D eigenvalue weighted by Crippen LogP contribution is 2.09. The molecule has 0 unspecified atom stereocenters. The number of likely N-dealkylation sites (N-methyl/N-ethyl adjacent to an activating group) is 1. The predicted octanol–water partition coefficient (Wildman–Crippen LogP) is -0.0312. The second-order valence-corrected chi connectivity index (χ2v) is 2.38. The smallest absolute Gasteiger partial charge is 0.139 e. The molecule has 0 spiro atoms. The Morgan fingerprint density at radius 1 is 1.44 bits per heavy atom. The van der Waals surface area contributed by atoms with Gasteiger partial charge >= 0.3 is 0 Å². The lowest BCUT2D eigenvalue weighted by Gasteiger charge is -2.32. The first kappa shape index (κ1) is 6.99. The highest BCUT2D eigenvalue weighted by molar-refractivity contribution is 4.71. The molecule has 0 saturated carbocycles. The van der Waals surface area contributed by atoms with Crippen LogP contribution in [0.3, 0.4) is 0 Å². The number of hydrogen-bond donors (Lipinski definition) is 1. The van der Waals surface area contributed by atoms with Crippen LogP contribution in [0.25, 0.3) is 0 Å². The summed E-state index contributed by atoms with van der Waals surface area (Å²) in [7, 11) is 1.87. The Bertz CT molecular complexity index is 89.1. The van der Waals surface area contributed by atoms with Crippen LogP contribution in [0.4, 0.5) is 0 Å². The SMILES string of the molecule is CN[C@@]1(C)COCCO1. The maximum absolute atomic E-state index is 5.38. The van der Waals surface area contributed by atoms with Crippen LogP contribution in [-0.4, -0.2) is 32.6 Å². The van der Waals surface area contributed by atoms with Crippen molar-refractivity contribution >= 4 is 0 Å². The summed E-state index contributed by atoms with van der Waals surface area (Å²) < 4.78 is 10.6. The first-order chi connectivity index (χ1) is 4.27. The highest BCUT2D eigenvalue weighted by Gasteiger charge is 2.25. The fourth-order valence-corrected chi connectivity index (χ4v) is 0.779. The van der Waals surface area contributed by atoms with E-state index in [-0.39, 0.29) is 5.72 Å². The van der Waals surface area contributed by atoms with E-state index in [1.807, 2.05) is 14.0 Å². The fraction of sp³-hybridized carbons (Fsp3) is 1.00. The van der Waals surface area contributed by atoms with Crippen molar-refractivity contribution in [2.75, 3.05) is 26.9 Å². The van der Waals surface area contributed by atoms with Gasteiger partial charge in [-0.2, -0.15) is 0 Å². The Morgan fingerprint density at radius 3 is 2.56 bits per heavy atom. The molecule has 0 bridgehead atoms. The van der Waals surface area contributed by atoms with E-state index in [9.17, 15) is 0 Å². The Balaban J connectivity index is 2.37. The van der Waals surface area contributed by atoms with Gasteiger partial charge in [-0.3, -0.25) is 5.32 Å². The summed E-state index contributed by atoms with van der Waals surface area (Å²) >= 11 is 0. The monoisotopic (exact) mass is 131 g/mol. The molecule has 1 rings (SSSR count). The zero-order valence-corrected chi connectivity index (χ0v) is 5.94. The Kier molecular flexibility index (Phi) is 2.05. The summed E-state index contributed by atoms with van der Waals surface area (Å²) in [4.78, 5) is 0. The maximum atomic E-state index is 5.38. The van der Waals surface area contributed by atoms with Crippen LogP contribution in [0, 0.1) is 0 Å². The summed E-state index contributed by atoms with van der Waals surface area (Å²) in [5, 5.41) is 3.03. The van der Waals surface area contributed by atoms with Gasteiger partial charge in [0.15, 0.2) is 0 Å². The Hall–Kier alpha value is -0.120. The van der Waals surface area contributed by atoms with Gasteiger partial charge in [-0.05, 0) is 14.0 Å². The van der Waals surface area contributed by atoms with Gasteiger partial charge in [0.2, 0.25) is 0 Å². The van der Waals surface area contributed by atoms with Gasteiger partial charge in [0.25, 0.3) is 0 Å². The Labute approximate surface area is 55.3 Å². The quantitative estimate of drug-likeness (QED) is 0.542. The molecular weight excluding hydrogens is 118 g/mol. The van der Waals surface area contributed by atoms with E-state index in [1.54, 1.807) is 0 Å². The molecule has 3 nitrogen and oxygen atoms in total. The van der Waals surface area contributed by atoms with Gasteiger partial charge in [0.05, 0.1) is 19.8 Å². The molecule has 1 saturated heterocycles. The number of rotatable bonds is 1. The van der Waals surface area contributed by atoms with Gasteiger partial charge in [0.1, 0.15) is 5.72 Å². The second-order valence-electron chi connectivity index (χ2n) is 2.38. The second kappa shape index (κ2) is 2.64. The van der Waals surface area contributed by atoms with Gasteiger partial charge in [-0.1, -0.05) is 0 Å². The summed E-state index contributed by atoms with van der Waals surface area (Å²) in [6, 6.07) is 0. The minimum atomic E-state index is -0.252. The first-order valence-corrected chi connectivity index (χ1v) is 3.17. The van der Waals surface area contributed by atoms with Crippen LogP contribution in [0.15, 0.2) is 0 Å². The molecule has 9 heavy (non-hydrogen) atoms. The lowest BCUT2D eigenvalue weighted by Crippen LogP contribution is -2.50. The molecule has 1 aliphatic rings. The molecule has 0 aromatic heterocycles. The molecule has 3 heteroatoms. The summed E-state index contributed by atoms with van der Waals surface area (Å²) in [6.45, 7) is 4.03. The van der Waals surface area contributed by atoms with E-state index < -0.39 is 0 Å². The topological polar surface area (TPSA) is 30.5 Å². The van der Waals surface area contributed by atoms with Crippen molar-refractivity contribution in [1.82, 2.24) is 5.32 Å². The molecular formula is C6H13NO2. The molecule has 0 aliphatic carbocycles. The van der Waals surface area contributed by atoms with E-state index in [0.717, 1.165) is 6.61 Å². The molecule has 1 N–H and O–H groups in total. The molecule has 1 fully saturated rings. The van der Waals surface area contributed by atoms with E-state index in [4.69, 9.17) is 9.47 Å². The van der Waals surface area contributed by atoms with E-state index in [1.165, 1.54) is 0 Å². The van der Waals surface area contributed by atoms with Crippen molar-refractivity contribution < 1.29 is 9.47 Å². The van der Waals surface area contributed by atoms with Gasteiger partial charge in [0, 0.05) is 0 Å². The minimum absolute atomic E-state index is 0.252. The zero-order valence-electron chi connectivity index (χ0n) is 5.94. The first-order valence-electron chi connectivity index (χ1n) is 3.17. The summed E-state index contributed by atoms with van der Waals surface area (Å²) in [5.74, 6) is 0. The minimum Gasteiger partial charge on any atom is -0.375 e. The van der Waals surface area contributed by atoms with Gasteiger partial charge in [-0.15, -0.1) is 0 Å². The summed E-state index contributed by atoms with van der Waals surface area (Å²) in [5.41, 5.74) is -0.252. The molecule has 1 atom stereocenters. The van der Waals surface area contributed by atoms with Crippen LogP contribution < -0.4 is 5.32 Å². The maximum Gasteiger partial charge on any atom is 0.139 e. The molecule has 1 heterocycles.